The molecular weight excluding hydrogens is 442 g/mol. The molecule has 0 radical (unpaired) electrons. The minimum atomic E-state index is -1.54. The zero-order valence-corrected chi connectivity index (χ0v) is 18.9. The molecule has 0 atom stereocenters. The number of carbonyl (C=O) groups is 2. The molecule has 0 bridgehead atoms. The van der Waals surface area contributed by atoms with Gasteiger partial charge in [-0.2, -0.15) is 0 Å². The van der Waals surface area contributed by atoms with Crippen molar-refractivity contribution in [3.63, 3.8) is 0 Å². The van der Waals surface area contributed by atoms with E-state index in [1.54, 1.807) is 17.4 Å². The van der Waals surface area contributed by atoms with Gasteiger partial charge in [-0.1, -0.05) is 24.8 Å². The molecule has 172 valence electrons. The lowest BCUT2D eigenvalue weighted by atomic mass is 9.95. The smallest absolute Gasteiger partial charge is 0.251 e. The summed E-state index contributed by atoms with van der Waals surface area (Å²) in [6.07, 6.45) is 0. The van der Waals surface area contributed by atoms with Gasteiger partial charge in [-0.15, -0.1) is 11.3 Å². The van der Waals surface area contributed by atoms with Crippen LogP contribution >= 0.6 is 11.3 Å². The van der Waals surface area contributed by atoms with E-state index in [9.17, 15) is 24.9 Å². The van der Waals surface area contributed by atoms with Crippen LogP contribution in [0, 0.1) is 0 Å². The number of thiophene rings is 1. The average molecular weight is 468 g/mol. The molecule has 3 aromatic rings. The zero-order valence-electron chi connectivity index (χ0n) is 18.1. The van der Waals surface area contributed by atoms with E-state index in [-0.39, 0.29) is 16.9 Å². The quantitative estimate of drug-likeness (QED) is 0.269. The molecule has 1 aromatic heterocycles. The molecule has 0 aliphatic heterocycles. The van der Waals surface area contributed by atoms with Gasteiger partial charge in [-0.3, -0.25) is 9.59 Å². The molecule has 0 saturated heterocycles. The summed E-state index contributed by atoms with van der Waals surface area (Å²) in [6.45, 7) is 2.09. The van der Waals surface area contributed by atoms with Crippen molar-refractivity contribution in [3.8, 4) is 16.2 Å². The van der Waals surface area contributed by atoms with Crippen LogP contribution in [0.4, 0.5) is 0 Å². The van der Waals surface area contributed by atoms with Crippen molar-refractivity contribution < 1.29 is 29.6 Å². The number of ether oxygens (including phenoxy) is 1. The molecule has 8 heteroatoms. The average Bonchev–Trinajstić information content (AvgIpc) is 3.41. The van der Waals surface area contributed by atoms with E-state index >= 15 is 0 Å². The Morgan fingerprint density at radius 2 is 1.64 bits per heavy atom. The topological polar surface area (TPSA) is 116 Å². The van der Waals surface area contributed by atoms with Crippen LogP contribution in [0.3, 0.4) is 0 Å². The molecule has 4 N–H and O–H groups in total. The van der Waals surface area contributed by atoms with Crippen LogP contribution in [-0.2, 0) is 0 Å². The van der Waals surface area contributed by atoms with E-state index in [0.717, 1.165) is 10.4 Å². The van der Waals surface area contributed by atoms with E-state index in [1.165, 1.54) is 31.4 Å². The van der Waals surface area contributed by atoms with Crippen LogP contribution in [0.1, 0.15) is 26.3 Å². The second-order valence-electron chi connectivity index (χ2n) is 7.49. The summed E-state index contributed by atoms with van der Waals surface area (Å²) in [6, 6.07) is 15.4. The molecule has 1 heterocycles. The fraction of sp³-hybridized carbons (Fsp3) is 0.200. The van der Waals surface area contributed by atoms with E-state index in [4.69, 9.17) is 4.74 Å². The summed E-state index contributed by atoms with van der Waals surface area (Å²) in [7, 11) is 1.53. The van der Waals surface area contributed by atoms with Crippen LogP contribution in [-0.4, -0.2) is 59.5 Å². The highest BCUT2D eigenvalue weighted by Crippen LogP contribution is 2.34. The number of nitrogens with one attached hydrogen (secondary N) is 1. The van der Waals surface area contributed by atoms with E-state index < -0.39 is 31.3 Å². The molecule has 7 nitrogen and oxygen atoms in total. The van der Waals surface area contributed by atoms with Crippen LogP contribution in [0.2, 0.25) is 0 Å². The number of carbonyl (C=O) groups excluding carboxylic acids is 2. The Kier molecular flexibility index (Phi) is 7.78. The van der Waals surface area contributed by atoms with Gasteiger partial charge in [0, 0.05) is 27.1 Å². The number of hydrogen-bond acceptors (Lipinski definition) is 7. The zero-order chi connectivity index (χ0) is 24.0. The molecule has 2 aromatic carbocycles. The first-order valence-corrected chi connectivity index (χ1v) is 11.0. The Morgan fingerprint density at radius 1 is 1.00 bits per heavy atom. The second kappa shape index (κ2) is 10.5. The van der Waals surface area contributed by atoms with Crippen LogP contribution < -0.4 is 10.1 Å². The summed E-state index contributed by atoms with van der Waals surface area (Å²) in [5, 5.41) is 32.5. The third-order valence-corrected chi connectivity index (χ3v) is 6.22. The lowest BCUT2D eigenvalue weighted by Crippen LogP contribution is -2.57. The molecule has 0 aliphatic carbocycles. The Hall–Kier alpha value is -3.30. The number of rotatable bonds is 10. The van der Waals surface area contributed by atoms with Crippen molar-refractivity contribution in [2.45, 2.75) is 5.54 Å². The van der Waals surface area contributed by atoms with Gasteiger partial charge in [0.1, 0.15) is 11.3 Å². The summed E-state index contributed by atoms with van der Waals surface area (Å²) >= 11 is 1.59. The minimum Gasteiger partial charge on any atom is -0.496 e. The number of benzene rings is 2. The Labute approximate surface area is 195 Å². The van der Waals surface area contributed by atoms with E-state index in [0.29, 0.717) is 16.9 Å². The maximum absolute atomic E-state index is 13.1. The van der Waals surface area contributed by atoms with E-state index in [2.05, 4.69) is 11.9 Å². The fourth-order valence-electron chi connectivity index (χ4n) is 3.19. The second-order valence-corrected chi connectivity index (χ2v) is 8.43. The number of hydrogen-bond donors (Lipinski definition) is 4. The lowest BCUT2D eigenvalue weighted by molar-refractivity contribution is 0.0375. The van der Waals surface area contributed by atoms with E-state index in [1.807, 2.05) is 29.6 Å². The normalized spacial score (nSPS) is 11.2. The number of amides is 1. The Balaban J connectivity index is 1.82. The van der Waals surface area contributed by atoms with Gasteiger partial charge in [0.15, 0.2) is 5.78 Å². The number of allylic oxidation sites excluding steroid dienone is 1. The predicted octanol–water partition coefficient (Wildman–Crippen LogP) is 2.77. The number of ketones is 1. The molecular formula is C25H25NO6S. The van der Waals surface area contributed by atoms with Crippen molar-refractivity contribution in [2.24, 2.45) is 0 Å². The summed E-state index contributed by atoms with van der Waals surface area (Å²) < 4.78 is 5.43. The Morgan fingerprint density at radius 3 is 2.18 bits per heavy atom. The molecule has 33 heavy (non-hydrogen) atoms. The largest absolute Gasteiger partial charge is 0.496 e. The first-order valence-electron chi connectivity index (χ1n) is 10.1. The molecule has 0 spiro atoms. The molecule has 0 fully saturated rings. The molecule has 0 aliphatic rings. The maximum Gasteiger partial charge on any atom is 0.251 e. The highest BCUT2D eigenvalue weighted by atomic mass is 32.1. The van der Waals surface area contributed by atoms with Crippen molar-refractivity contribution in [1.82, 2.24) is 5.32 Å². The van der Waals surface area contributed by atoms with Gasteiger partial charge in [0.05, 0.1) is 26.9 Å². The third kappa shape index (κ3) is 5.20. The molecule has 3 rings (SSSR count). The van der Waals surface area contributed by atoms with Gasteiger partial charge in [0.25, 0.3) is 5.91 Å². The van der Waals surface area contributed by atoms with Crippen molar-refractivity contribution in [2.75, 3.05) is 26.9 Å². The minimum absolute atomic E-state index is 0.203. The highest BCUT2D eigenvalue weighted by molar-refractivity contribution is 7.13. The van der Waals surface area contributed by atoms with Gasteiger partial charge in [-0.05, 0) is 47.3 Å². The van der Waals surface area contributed by atoms with Gasteiger partial charge >= 0.3 is 0 Å². The summed E-state index contributed by atoms with van der Waals surface area (Å²) in [4.78, 5) is 26.6. The lowest BCUT2D eigenvalue weighted by Gasteiger charge is -2.28. The van der Waals surface area contributed by atoms with Crippen LogP contribution in [0.5, 0.6) is 5.75 Å². The van der Waals surface area contributed by atoms with Crippen LogP contribution in [0.25, 0.3) is 16.0 Å². The summed E-state index contributed by atoms with van der Waals surface area (Å²) in [5.41, 5.74) is 0.773. The number of aliphatic hydroxyl groups excluding tert-OH is 3. The summed E-state index contributed by atoms with van der Waals surface area (Å²) in [5.74, 6) is -0.396. The standard InChI is InChI=1S/C25H25NO6S/c1-16(20-12-19(9-10-21(20)32-2)22-4-3-11-33-22)23(30)17-5-7-18(8-6-17)24(31)26-25(13-27,14-28)15-29/h3-12,27-29H,1,13-15H2,2H3,(H,26,31). The molecule has 0 saturated carbocycles. The monoisotopic (exact) mass is 467 g/mol. The first kappa shape index (κ1) is 24.3. The molecule has 0 unspecified atom stereocenters. The number of methoxy groups -OCH3 is 1. The van der Waals surface area contributed by atoms with Gasteiger partial charge in [-0.25, -0.2) is 0 Å². The van der Waals surface area contributed by atoms with Gasteiger partial charge < -0.3 is 25.4 Å². The van der Waals surface area contributed by atoms with Crippen molar-refractivity contribution in [3.05, 3.63) is 83.2 Å². The highest BCUT2D eigenvalue weighted by Gasteiger charge is 2.30. The predicted molar refractivity (Wildman–Crippen MR) is 128 cm³/mol. The number of aliphatic hydroxyl groups is 3. The van der Waals surface area contributed by atoms with Crippen LogP contribution in [0.15, 0.2) is 66.6 Å². The third-order valence-electron chi connectivity index (χ3n) is 5.30. The number of Topliss-reactive ketones (excluding diaryl/α,β-unsaturated/α-hetero) is 1. The molecule has 1 amide bonds. The fourth-order valence-corrected chi connectivity index (χ4v) is 3.91. The van der Waals surface area contributed by atoms with Crippen molar-refractivity contribution in [1.29, 1.82) is 0 Å². The Bertz CT molecular complexity index is 1130. The van der Waals surface area contributed by atoms with Gasteiger partial charge in [0.2, 0.25) is 0 Å². The first-order chi connectivity index (χ1) is 15.9. The maximum atomic E-state index is 13.1. The van der Waals surface area contributed by atoms with Crippen molar-refractivity contribution >= 4 is 28.6 Å². The SMILES string of the molecule is C=C(C(=O)c1ccc(C(=O)NC(CO)(CO)CO)cc1)c1cc(-c2cccs2)ccc1OC.